The summed E-state index contributed by atoms with van der Waals surface area (Å²) in [6.07, 6.45) is 8.87. The molecule has 6 atom stereocenters. The molecule has 2 fully saturated rings. The van der Waals surface area contributed by atoms with Gasteiger partial charge >= 0.3 is 0 Å². The number of carbonyl (C=O) groups excluding carboxylic acids is 1. The molecule has 3 aliphatic rings. The molecule has 0 amide bonds. The minimum atomic E-state index is -0.880. The van der Waals surface area contributed by atoms with Crippen molar-refractivity contribution in [3.63, 3.8) is 0 Å². The highest BCUT2D eigenvalue weighted by atomic mass is 16.4. The Morgan fingerprint density at radius 2 is 2.12 bits per heavy atom. The van der Waals surface area contributed by atoms with Gasteiger partial charge in [0, 0.05) is 12.4 Å². The summed E-state index contributed by atoms with van der Waals surface area (Å²) >= 11 is 0. The summed E-state index contributed by atoms with van der Waals surface area (Å²) in [5.41, 5.74) is 1.53. The van der Waals surface area contributed by atoms with Crippen molar-refractivity contribution in [3.05, 3.63) is 23.7 Å². The van der Waals surface area contributed by atoms with E-state index in [4.69, 9.17) is 4.42 Å². The van der Waals surface area contributed by atoms with E-state index < -0.39 is 5.97 Å². The van der Waals surface area contributed by atoms with Crippen LogP contribution < -0.4 is 5.11 Å². The molecular weight excluding hydrogens is 300 g/mol. The van der Waals surface area contributed by atoms with Crippen LogP contribution in [0.4, 0.5) is 0 Å². The minimum absolute atomic E-state index is 0.108. The maximum atomic E-state index is 11.4. The van der Waals surface area contributed by atoms with E-state index in [0.717, 1.165) is 19.3 Å². The van der Waals surface area contributed by atoms with Gasteiger partial charge in [-0.05, 0) is 78.2 Å². The molecule has 0 aliphatic heterocycles. The summed E-state index contributed by atoms with van der Waals surface area (Å²) in [5.74, 6) is 2.67. The lowest BCUT2D eigenvalue weighted by Crippen LogP contribution is -2.55. The van der Waals surface area contributed by atoms with Crippen LogP contribution in [0.15, 0.2) is 16.7 Å². The molecule has 0 N–H and O–H groups in total. The average molecular weight is 329 g/mol. The maximum Gasteiger partial charge on any atom is 0.107 e. The van der Waals surface area contributed by atoms with Crippen molar-refractivity contribution in [2.75, 3.05) is 0 Å². The highest BCUT2D eigenvalue weighted by Crippen LogP contribution is 2.65. The molecule has 1 heterocycles. The predicted octanol–water partition coefficient (Wildman–Crippen LogP) is 3.92. The van der Waals surface area contributed by atoms with Gasteiger partial charge in [0.15, 0.2) is 0 Å². The molecule has 0 saturated heterocycles. The Labute approximate surface area is 144 Å². The molecule has 1 aromatic rings. The molecule has 4 rings (SSSR count). The van der Waals surface area contributed by atoms with E-state index in [2.05, 4.69) is 26.8 Å². The standard InChI is InChI=1S/C21H30O3/c1-13-14-5-6-18-20(2,12-19(22)23)8-4-9-21(18,3)16(14)11-17-15(13)7-10-24-17/h7,10,13-14,16,18H,4-6,8-9,11-12H2,1-3H3,(H,22,23)/p-1/t13-,14+,16+,18-,20-,21-/m1/s1. The van der Waals surface area contributed by atoms with Crippen LogP contribution in [0.2, 0.25) is 0 Å². The SMILES string of the molecule is C[C@H]1c2ccoc2C[C@H]2[C@H]1CC[C@@H]1[C@@](C)(CC(=O)[O-])CCC[C@@]12C. The molecule has 0 aromatic carbocycles. The van der Waals surface area contributed by atoms with Crippen LogP contribution in [0.1, 0.15) is 76.5 Å². The Kier molecular flexibility index (Phi) is 3.63. The van der Waals surface area contributed by atoms with Gasteiger partial charge in [-0.15, -0.1) is 0 Å². The van der Waals surface area contributed by atoms with Gasteiger partial charge in [0.25, 0.3) is 0 Å². The smallest absolute Gasteiger partial charge is 0.107 e. The lowest BCUT2D eigenvalue weighted by atomic mass is 9.43. The first-order valence-corrected chi connectivity index (χ1v) is 9.61. The molecule has 2 saturated carbocycles. The number of carboxylic acids is 1. The van der Waals surface area contributed by atoms with E-state index in [0.29, 0.717) is 23.7 Å². The van der Waals surface area contributed by atoms with Crippen LogP contribution >= 0.6 is 0 Å². The highest BCUT2D eigenvalue weighted by Gasteiger charge is 2.57. The quantitative estimate of drug-likeness (QED) is 0.826. The van der Waals surface area contributed by atoms with E-state index in [1.54, 1.807) is 0 Å². The Morgan fingerprint density at radius 1 is 1.33 bits per heavy atom. The number of hydrogen-bond acceptors (Lipinski definition) is 3. The lowest BCUT2D eigenvalue weighted by molar-refractivity contribution is -0.310. The fraction of sp³-hybridized carbons (Fsp3) is 0.762. The molecular formula is C21H29O3-. The van der Waals surface area contributed by atoms with Crippen molar-refractivity contribution >= 4 is 5.97 Å². The van der Waals surface area contributed by atoms with Crippen molar-refractivity contribution in [1.82, 2.24) is 0 Å². The number of aliphatic carboxylic acids is 1. The van der Waals surface area contributed by atoms with Gasteiger partial charge in [-0.2, -0.15) is 0 Å². The zero-order chi connectivity index (χ0) is 17.1. The van der Waals surface area contributed by atoms with Crippen molar-refractivity contribution in [2.45, 2.75) is 71.6 Å². The third-order valence-electron chi connectivity index (χ3n) is 8.12. The van der Waals surface area contributed by atoms with Gasteiger partial charge in [0.05, 0.1) is 6.26 Å². The second-order valence-corrected chi connectivity index (χ2v) is 9.25. The predicted molar refractivity (Wildman–Crippen MR) is 90.2 cm³/mol. The second-order valence-electron chi connectivity index (χ2n) is 9.25. The molecule has 3 heteroatoms. The third kappa shape index (κ3) is 2.19. The molecule has 0 bridgehead atoms. The average Bonchev–Trinajstić information content (AvgIpc) is 2.96. The first kappa shape index (κ1) is 16.2. The summed E-state index contributed by atoms with van der Waals surface area (Å²) in [6.45, 7) is 7.01. The van der Waals surface area contributed by atoms with E-state index in [1.165, 1.54) is 30.6 Å². The third-order valence-corrected chi connectivity index (χ3v) is 8.12. The van der Waals surface area contributed by atoms with Crippen molar-refractivity contribution in [3.8, 4) is 0 Å². The number of fused-ring (bicyclic) bond motifs is 4. The van der Waals surface area contributed by atoms with Crippen molar-refractivity contribution in [2.24, 2.45) is 28.6 Å². The van der Waals surface area contributed by atoms with E-state index in [1.807, 2.05) is 6.26 Å². The first-order chi connectivity index (χ1) is 11.3. The number of rotatable bonds is 2. The lowest BCUT2D eigenvalue weighted by Gasteiger charge is -2.62. The zero-order valence-electron chi connectivity index (χ0n) is 15.1. The van der Waals surface area contributed by atoms with Gasteiger partial charge in [-0.3, -0.25) is 0 Å². The van der Waals surface area contributed by atoms with Crippen LogP contribution in [0, 0.1) is 28.6 Å². The Hall–Kier alpha value is -1.25. The Balaban J connectivity index is 1.71. The molecule has 132 valence electrons. The summed E-state index contributed by atoms with van der Waals surface area (Å²) in [4.78, 5) is 11.4. The molecule has 0 unspecified atom stereocenters. The maximum absolute atomic E-state index is 11.4. The monoisotopic (exact) mass is 329 g/mol. The summed E-state index contributed by atoms with van der Waals surface area (Å²) in [7, 11) is 0. The van der Waals surface area contributed by atoms with E-state index in [9.17, 15) is 9.90 Å². The van der Waals surface area contributed by atoms with Crippen LogP contribution in [-0.4, -0.2) is 5.97 Å². The van der Waals surface area contributed by atoms with Gasteiger partial charge < -0.3 is 14.3 Å². The molecule has 24 heavy (non-hydrogen) atoms. The Morgan fingerprint density at radius 3 is 2.88 bits per heavy atom. The van der Waals surface area contributed by atoms with Gasteiger partial charge in [0.1, 0.15) is 5.76 Å². The minimum Gasteiger partial charge on any atom is -0.550 e. The Bertz CT molecular complexity index is 647. The van der Waals surface area contributed by atoms with Crippen LogP contribution in [0.3, 0.4) is 0 Å². The first-order valence-electron chi connectivity index (χ1n) is 9.61. The topological polar surface area (TPSA) is 53.3 Å². The number of carbonyl (C=O) groups is 1. The molecule has 3 aliphatic carbocycles. The van der Waals surface area contributed by atoms with Gasteiger partial charge in [0.2, 0.25) is 0 Å². The van der Waals surface area contributed by atoms with Gasteiger partial charge in [-0.1, -0.05) is 27.2 Å². The molecule has 0 spiro atoms. The van der Waals surface area contributed by atoms with Crippen LogP contribution in [0.5, 0.6) is 0 Å². The zero-order valence-corrected chi connectivity index (χ0v) is 15.1. The largest absolute Gasteiger partial charge is 0.550 e. The van der Waals surface area contributed by atoms with Gasteiger partial charge in [-0.25, -0.2) is 0 Å². The molecule has 3 nitrogen and oxygen atoms in total. The van der Waals surface area contributed by atoms with E-state index >= 15 is 0 Å². The van der Waals surface area contributed by atoms with E-state index in [-0.39, 0.29) is 17.3 Å². The fourth-order valence-corrected chi connectivity index (χ4v) is 7.07. The normalized spacial score (nSPS) is 44.3. The number of furan rings is 1. The van der Waals surface area contributed by atoms with Crippen molar-refractivity contribution in [1.29, 1.82) is 0 Å². The summed E-state index contributed by atoms with van der Waals surface area (Å²) < 4.78 is 5.81. The highest BCUT2D eigenvalue weighted by molar-refractivity contribution is 5.65. The fourth-order valence-electron chi connectivity index (χ4n) is 7.07. The second kappa shape index (κ2) is 5.37. The van der Waals surface area contributed by atoms with Crippen LogP contribution in [-0.2, 0) is 11.2 Å². The molecule has 1 aromatic heterocycles. The number of hydrogen-bond donors (Lipinski definition) is 0. The van der Waals surface area contributed by atoms with Crippen molar-refractivity contribution < 1.29 is 14.3 Å². The number of carboxylic acid groups (broad SMARTS) is 1. The molecule has 0 radical (unpaired) electrons. The summed E-state index contributed by atoms with van der Waals surface area (Å²) in [6, 6.07) is 2.16. The van der Waals surface area contributed by atoms with Crippen LogP contribution in [0.25, 0.3) is 0 Å². The summed E-state index contributed by atoms with van der Waals surface area (Å²) in [5, 5.41) is 11.4.